The molecule has 1 N–H and O–H groups in total. The van der Waals surface area contributed by atoms with Crippen LogP contribution in [0.5, 0.6) is 5.75 Å². The van der Waals surface area contributed by atoms with E-state index < -0.39 is 5.69 Å². The van der Waals surface area contributed by atoms with E-state index in [4.69, 9.17) is 0 Å². The summed E-state index contributed by atoms with van der Waals surface area (Å²) in [5.41, 5.74) is 0.842. The lowest BCUT2D eigenvalue weighted by Crippen LogP contribution is -2.37. The summed E-state index contributed by atoms with van der Waals surface area (Å²) >= 11 is 0. The van der Waals surface area contributed by atoms with E-state index in [2.05, 4.69) is 4.98 Å². The van der Waals surface area contributed by atoms with Gasteiger partial charge in [0.25, 0.3) is 5.56 Å². The molecule has 3 aromatic rings. The Labute approximate surface area is 130 Å². The third-order valence-corrected chi connectivity index (χ3v) is 4.26. The van der Waals surface area contributed by atoms with Crippen molar-refractivity contribution in [3.05, 3.63) is 45.1 Å². The van der Waals surface area contributed by atoms with Crippen molar-refractivity contribution in [3.63, 3.8) is 0 Å². The second-order valence-electron chi connectivity index (χ2n) is 5.61. The Morgan fingerprint density at radius 2 is 1.91 bits per heavy atom. The molecule has 2 aromatic heterocycles. The molecule has 8 heteroatoms. The van der Waals surface area contributed by atoms with Gasteiger partial charge in [0.2, 0.25) is 5.95 Å². The average molecular weight is 313 g/mol. The molecular weight excluding hydrogens is 298 g/mol. The van der Waals surface area contributed by atoms with Gasteiger partial charge in [-0.05, 0) is 12.1 Å². The third-order valence-electron chi connectivity index (χ3n) is 4.26. The van der Waals surface area contributed by atoms with E-state index in [1.54, 1.807) is 25.2 Å². The molecule has 0 radical (unpaired) electrons. The summed E-state index contributed by atoms with van der Waals surface area (Å²) in [5.74, 6) is 0.768. The first-order valence-corrected chi connectivity index (χ1v) is 7.22. The first-order chi connectivity index (χ1) is 11.0. The Balaban J connectivity index is 2.01. The molecular formula is C15H15N5O3. The minimum Gasteiger partial charge on any atom is -0.508 e. The van der Waals surface area contributed by atoms with E-state index in [0.717, 1.165) is 10.3 Å². The lowest BCUT2D eigenvalue weighted by Gasteiger charge is -2.15. The quantitative estimate of drug-likeness (QED) is 0.698. The number of hydrogen-bond acceptors (Lipinski definition) is 5. The predicted octanol–water partition coefficient (Wildman–Crippen LogP) is 0.291. The van der Waals surface area contributed by atoms with Crippen LogP contribution in [-0.2, 0) is 20.6 Å². The highest BCUT2D eigenvalue weighted by molar-refractivity contribution is 5.77. The van der Waals surface area contributed by atoms with E-state index in [0.29, 0.717) is 30.2 Å². The van der Waals surface area contributed by atoms with Crippen LogP contribution in [0.25, 0.3) is 11.2 Å². The number of imidazole rings is 1. The highest BCUT2D eigenvalue weighted by Gasteiger charge is 2.28. The zero-order valence-corrected chi connectivity index (χ0v) is 12.7. The number of rotatable bonds is 1. The molecule has 0 saturated heterocycles. The zero-order chi connectivity index (χ0) is 16.3. The van der Waals surface area contributed by atoms with E-state index in [9.17, 15) is 14.7 Å². The first kappa shape index (κ1) is 13.6. The second kappa shape index (κ2) is 4.48. The molecule has 1 aromatic carbocycles. The number of benzene rings is 1. The van der Waals surface area contributed by atoms with E-state index >= 15 is 0 Å². The smallest absolute Gasteiger partial charge is 0.332 e. The number of nitrogens with zero attached hydrogens (tertiary/aromatic N) is 5. The monoisotopic (exact) mass is 313 g/mol. The fourth-order valence-electron chi connectivity index (χ4n) is 3.06. The van der Waals surface area contributed by atoms with Crippen LogP contribution in [0.3, 0.4) is 0 Å². The van der Waals surface area contributed by atoms with Crippen LogP contribution in [0.15, 0.2) is 33.9 Å². The van der Waals surface area contributed by atoms with Crippen LogP contribution in [0.1, 0.15) is 0 Å². The third kappa shape index (κ3) is 1.74. The van der Waals surface area contributed by atoms with Gasteiger partial charge < -0.3 is 14.6 Å². The standard InChI is InChI=1S/C15H15N5O3/c1-17-12-11(13(22)18(2)15(17)23)20-7-6-19(14(20)16-12)9-4-3-5-10(21)8-9/h3-5,8,21H,6-7H2,1-2H3. The lowest BCUT2D eigenvalue weighted by molar-refractivity contribution is 0.475. The average Bonchev–Trinajstić information content (AvgIpc) is 3.09. The molecule has 1 aliphatic heterocycles. The van der Waals surface area contributed by atoms with Crippen molar-refractivity contribution >= 4 is 22.8 Å². The molecule has 0 saturated carbocycles. The van der Waals surface area contributed by atoms with E-state index in [1.807, 2.05) is 15.5 Å². The molecule has 0 fully saturated rings. The summed E-state index contributed by atoms with van der Waals surface area (Å²) in [4.78, 5) is 30.9. The zero-order valence-electron chi connectivity index (χ0n) is 12.7. The molecule has 0 amide bonds. The highest BCUT2D eigenvalue weighted by Crippen LogP contribution is 2.32. The summed E-state index contributed by atoms with van der Waals surface area (Å²) in [6, 6.07) is 6.87. The maximum absolute atomic E-state index is 12.4. The normalized spacial score (nSPS) is 13.7. The van der Waals surface area contributed by atoms with Crippen LogP contribution in [0.2, 0.25) is 0 Å². The van der Waals surface area contributed by atoms with Crippen molar-refractivity contribution in [2.45, 2.75) is 6.54 Å². The molecule has 4 rings (SSSR count). The number of aromatic nitrogens is 4. The van der Waals surface area contributed by atoms with Crippen LogP contribution >= 0.6 is 0 Å². The van der Waals surface area contributed by atoms with Crippen LogP contribution in [0, 0.1) is 0 Å². The van der Waals surface area contributed by atoms with Gasteiger partial charge in [0.1, 0.15) is 5.75 Å². The van der Waals surface area contributed by atoms with Gasteiger partial charge in [0.15, 0.2) is 11.2 Å². The fourth-order valence-corrected chi connectivity index (χ4v) is 3.06. The largest absolute Gasteiger partial charge is 0.508 e. The number of aromatic hydroxyl groups is 1. The molecule has 8 nitrogen and oxygen atoms in total. The maximum atomic E-state index is 12.4. The maximum Gasteiger partial charge on any atom is 0.332 e. The summed E-state index contributed by atoms with van der Waals surface area (Å²) in [7, 11) is 3.07. The SMILES string of the molecule is Cn1c(=O)c2c(nc3n2CCN3c2cccc(O)c2)n(C)c1=O. The van der Waals surface area contributed by atoms with Gasteiger partial charge in [0.05, 0.1) is 0 Å². The van der Waals surface area contributed by atoms with Crippen molar-refractivity contribution < 1.29 is 5.11 Å². The number of phenols is 1. The fraction of sp³-hybridized carbons (Fsp3) is 0.267. The number of aryl methyl sites for hydroxylation is 1. The minimum atomic E-state index is -0.400. The molecule has 23 heavy (non-hydrogen) atoms. The highest BCUT2D eigenvalue weighted by atomic mass is 16.3. The van der Waals surface area contributed by atoms with Crippen molar-refractivity contribution in [3.8, 4) is 5.75 Å². The van der Waals surface area contributed by atoms with Gasteiger partial charge in [0, 0.05) is 38.9 Å². The number of fused-ring (bicyclic) bond motifs is 3. The molecule has 3 heterocycles. The van der Waals surface area contributed by atoms with Crippen LogP contribution in [0.4, 0.5) is 11.6 Å². The van der Waals surface area contributed by atoms with Gasteiger partial charge in [-0.15, -0.1) is 0 Å². The van der Waals surface area contributed by atoms with Crippen molar-refractivity contribution in [2.75, 3.05) is 11.4 Å². The number of anilines is 2. The van der Waals surface area contributed by atoms with Crippen molar-refractivity contribution in [1.82, 2.24) is 18.7 Å². The topological polar surface area (TPSA) is 85.3 Å². The molecule has 0 atom stereocenters. The summed E-state index contributed by atoms with van der Waals surface area (Å²) in [6.07, 6.45) is 0. The Bertz CT molecular complexity index is 1060. The molecule has 0 aliphatic carbocycles. The van der Waals surface area contributed by atoms with Crippen LogP contribution in [-0.4, -0.2) is 30.3 Å². The van der Waals surface area contributed by atoms with Gasteiger partial charge in [-0.1, -0.05) is 6.07 Å². The molecule has 0 spiro atoms. The lowest BCUT2D eigenvalue weighted by atomic mass is 10.3. The second-order valence-corrected chi connectivity index (χ2v) is 5.61. The Morgan fingerprint density at radius 3 is 2.65 bits per heavy atom. The van der Waals surface area contributed by atoms with E-state index in [-0.39, 0.29) is 11.3 Å². The number of phenolic OH excluding ortho intramolecular Hbond substituents is 1. The molecule has 1 aliphatic rings. The van der Waals surface area contributed by atoms with Gasteiger partial charge in [-0.2, -0.15) is 4.98 Å². The van der Waals surface area contributed by atoms with E-state index in [1.165, 1.54) is 11.6 Å². The van der Waals surface area contributed by atoms with Gasteiger partial charge in [-0.25, -0.2) is 4.79 Å². The summed E-state index contributed by atoms with van der Waals surface area (Å²) in [5, 5.41) is 9.67. The van der Waals surface area contributed by atoms with Gasteiger partial charge in [-0.3, -0.25) is 13.9 Å². The van der Waals surface area contributed by atoms with Gasteiger partial charge >= 0.3 is 5.69 Å². The first-order valence-electron chi connectivity index (χ1n) is 7.22. The summed E-state index contributed by atoms with van der Waals surface area (Å²) < 4.78 is 4.29. The molecule has 0 unspecified atom stereocenters. The Morgan fingerprint density at radius 1 is 1.13 bits per heavy atom. The van der Waals surface area contributed by atoms with Crippen molar-refractivity contribution in [2.24, 2.45) is 14.1 Å². The number of hydrogen-bond donors (Lipinski definition) is 1. The van der Waals surface area contributed by atoms with Crippen molar-refractivity contribution in [1.29, 1.82) is 0 Å². The summed E-state index contributed by atoms with van der Waals surface area (Å²) in [6.45, 7) is 1.24. The predicted molar refractivity (Wildman–Crippen MR) is 85.3 cm³/mol. The Kier molecular flexibility index (Phi) is 2.65. The molecule has 0 bridgehead atoms. The van der Waals surface area contributed by atoms with Crippen LogP contribution < -0.4 is 16.1 Å². The molecule has 118 valence electrons. The Hall–Kier alpha value is -3.03. The minimum absolute atomic E-state index is 0.167.